The third kappa shape index (κ3) is 5.13. The summed E-state index contributed by atoms with van der Waals surface area (Å²) in [5.74, 6) is -0.804. The second-order valence-corrected chi connectivity index (χ2v) is 6.09. The van der Waals surface area contributed by atoms with Gasteiger partial charge in [0.1, 0.15) is 11.9 Å². The second-order valence-electron chi connectivity index (χ2n) is 6.09. The number of imide groups is 1. The minimum atomic E-state index is -0.801. The number of benzene rings is 2. The molecule has 0 aromatic heterocycles. The van der Waals surface area contributed by atoms with Gasteiger partial charge < -0.3 is 10.1 Å². The normalized spacial score (nSPS) is 12.9. The summed E-state index contributed by atoms with van der Waals surface area (Å²) in [6.07, 6.45) is 0.122. The van der Waals surface area contributed by atoms with Gasteiger partial charge in [-0.1, -0.05) is 43.3 Å². The first kappa shape index (κ1) is 19.6. The minimum Gasteiger partial charge on any atom is -0.453 e. The van der Waals surface area contributed by atoms with Gasteiger partial charge in [-0.2, -0.15) is 0 Å². The number of halogens is 1. The molecule has 0 saturated carbocycles. The Morgan fingerprint density at radius 3 is 2.42 bits per heavy atom. The lowest BCUT2D eigenvalue weighted by molar-refractivity contribution is -0.704. The fourth-order valence-corrected chi connectivity index (χ4v) is 2.72. The van der Waals surface area contributed by atoms with Crippen molar-refractivity contribution in [3.8, 4) is 0 Å². The zero-order valence-electron chi connectivity index (χ0n) is 15.2. The first-order chi connectivity index (χ1) is 12.4. The molecule has 5 nitrogen and oxygen atoms in total. The van der Waals surface area contributed by atoms with Crippen LogP contribution in [0.15, 0.2) is 48.5 Å². The third-order valence-corrected chi connectivity index (χ3v) is 4.26. The molecule has 2 rings (SSSR count). The minimum absolute atomic E-state index is 0.282. The zero-order valence-corrected chi connectivity index (χ0v) is 15.2. The molecule has 0 heterocycles. The van der Waals surface area contributed by atoms with Gasteiger partial charge in [0.15, 0.2) is 6.04 Å². The summed E-state index contributed by atoms with van der Waals surface area (Å²) in [6.45, 7) is 3.76. The zero-order chi connectivity index (χ0) is 19.1. The first-order valence-electron chi connectivity index (χ1n) is 8.52. The van der Waals surface area contributed by atoms with Crippen LogP contribution in [0.25, 0.3) is 0 Å². The Labute approximate surface area is 152 Å². The van der Waals surface area contributed by atoms with E-state index in [1.165, 1.54) is 24.8 Å². The summed E-state index contributed by atoms with van der Waals surface area (Å²) >= 11 is 0. The van der Waals surface area contributed by atoms with Crippen LogP contribution in [-0.4, -0.2) is 25.2 Å². The number of hydrogen-bond acceptors (Lipinski definition) is 3. The summed E-state index contributed by atoms with van der Waals surface area (Å²) in [5.41, 5.74) is 2.89. The standard InChI is InChI=1S/C20H23FN2O3/c1-4-14-8-10-15(11-9-14)18(16-6-5-7-17(21)12-16)22-13(2)19(24)23-20(25)26-3/h5-13,18,22H,4H2,1-3H3,(H,23,24,25)/p+1/t13-,18+/m1/s1. The average molecular weight is 359 g/mol. The fraction of sp³-hybridized carbons (Fsp3) is 0.300. The van der Waals surface area contributed by atoms with E-state index in [1.807, 2.05) is 30.3 Å². The molecule has 3 N–H and O–H groups in total. The van der Waals surface area contributed by atoms with Crippen molar-refractivity contribution in [1.82, 2.24) is 5.32 Å². The molecule has 0 aliphatic rings. The largest absolute Gasteiger partial charge is 0.453 e. The second kappa shape index (κ2) is 9.10. The number of carbonyl (C=O) groups excluding carboxylic acids is 2. The SMILES string of the molecule is CCc1ccc([C@H]([NH2+][C@H](C)C(=O)NC(=O)OC)c2cccc(F)c2)cc1. The highest BCUT2D eigenvalue weighted by Gasteiger charge is 2.26. The van der Waals surface area contributed by atoms with Crippen LogP contribution in [-0.2, 0) is 16.0 Å². The van der Waals surface area contributed by atoms with Crippen LogP contribution in [0.5, 0.6) is 0 Å². The topological polar surface area (TPSA) is 72.0 Å². The van der Waals surface area contributed by atoms with Crippen LogP contribution in [0.4, 0.5) is 9.18 Å². The maximum Gasteiger partial charge on any atom is 0.413 e. The Morgan fingerprint density at radius 2 is 1.85 bits per heavy atom. The lowest BCUT2D eigenvalue weighted by Crippen LogP contribution is -2.92. The van der Waals surface area contributed by atoms with Crippen molar-refractivity contribution in [1.29, 1.82) is 0 Å². The Balaban J connectivity index is 2.28. The van der Waals surface area contributed by atoms with Crippen molar-refractivity contribution in [3.63, 3.8) is 0 Å². The first-order valence-corrected chi connectivity index (χ1v) is 8.52. The van der Waals surface area contributed by atoms with Crippen molar-refractivity contribution in [2.24, 2.45) is 0 Å². The van der Waals surface area contributed by atoms with E-state index >= 15 is 0 Å². The Hall–Kier alpha value is -2.73. The molecule has 2 aromatic rings. The number of rotatable bonds is 6. The number of nitrogens with one attached hydrogen (secondary N) is 1. The van der Waals surface area contributed by atoms with Crippen LogP contribution in [0.3, 0.4) is 0 Å². The van der Waals surface area contributed by atoms with Gasteiger partial charge in [0, 0.05) is 11.1 Å². The molecule has 26 heavy (non-hydrogen) atoms. The van der Waals surface area contributed by atoms with E-state index in [9.17, 15) is 14.0 Å². The molecule has 0 aliphatic carbocycles. The molecule has 138 valence electrons. The van der Waals surface area contributed by atoms with Gasteiger partial charge in [-0.05, 0) is 31.0 Å². The maximum atomic E-state index is 13.7. The number of hydrogen-bond donors (Lipinski definition) is 2. The van der Waals surface area contributed by atoms with Crippen molar-refractivity contribution in [3.05, 3.63) is 71.0 Å². The number of ether oxygens (including phenoxy) is 1. The van der Waals surface area contributed by atoms with Gasteiger partial charge in [-0.25, -0.2) is 9.18 Å². The molecule has 2 aromatic carbocycles. The third-order valence-electron chi connectivity index (χ3n) is 4.26. The number of quaternary nitrogens is 1. The molecule has 0 bridgehead atoms. The molecule has 2 atom stereocenters. The molecule has 0 unspecified atom stereocenters. The predicted octanol–water partition coefficient (Wildman–Crippen LogP) is 2.31. The van der Waals surface area contributed by atoms with Crippen molar-refractivity contribution in [2.75, 3.05) is 7.11 Å². The lowest BCUT2D eigenvalue weighted by atomic mass is 9.96. The van der Waals surface area contributed by atoms with Crippen LogP contribution in [0, 0.1) is 5.82 Å². The summed E-state index contributed by atoms with van der Waals surface area (Å²) in [4.78, 5) is 23.4. The predicted molar refractivity (Wildman–Crippen MR) is 96.0 cm³/mol. The Kier molecular flexibility index (Phi) is 6.86. The van der Waals surface area contributed by atoms with E-state index in [1.54, 1.807) is 18.3 Å². The Bertz CT molecular complexity index is 762. The number of nitrogens with two attached hydrogens (primary N) is 1. The lowest BCUT2D eigenvalue weighted by Gasteiger charge is -2.20. The van der Waals surface area contributed by atoms with Gasteiger partial charge in [-0.15, -0.1) is 0 Å². The number of carbonyl (C=O) groups is 2. The fourth-order valence-electron chi connectivity index (χ4n) is 2.72. The average Bonchev–Trinajstić information content (AvgIpc) is 2.65. The van der Waals surface area contributed by atoms with E-state index in [0.29, 0.717) is 0 Å². The van der Waals surface area contributed by atoms with Crippen molar-refractivity contribution < 1.29 is 24.0 Å². The van der Waals surface area contributed by atoms with E-state index < -0.39 is 18.0 Å². The number of aryl methyl sites for hydroxylation is 1. The highest BCUT2D eigenvalue weighted by molar-refractivity contribution is 5.93. The molecule has 0 radical (unpaired) electrons. The van der Waals surface area contributed by atoms with Gasteiger partial charge in [-0.3, -0.25) is 10.1 Å². The van der Waals surface area contributed by atoms with Gasteiger partial charge >= 0.3 is 6.09 Å². The highest BCUT2D eigenvalue weighted by atomic mass is 19.1. The molecule has 0 fully saturated rings. The van der Waals surface area contributed by atoms with E-state index in [2.05, 4.69) is 17.0 Å². The molecule has 6 heteroatoms. The van der Waals surface area contributed by atoms with E-state index in [-0.39, 0.29) is 11.9 Å². The molecular formula is C20H24FN2O3+. The molecule has 0 aliphatic heterocycles. The maximum absolute atomic E-state index is 13.7. The number of amides is 2. The summed E-state index contributed by atoms with van der Waals surface area (Å²) in [5, 5.41) is 3.96. The number of methoxy groups -OCH3 is 1. The van der Waals surface area contributed by atoms with E-state index in [0.717, 1.165) is 17.5 Å². The monoisotopic (exact) mass is 359 g/mol. The van der Waals surface area contributed by atoms with Crippen molar-refractivity contribution in [2.45, 2.75) is 32.4 Å². The smallest absolute Gasteiger partial charge is 0.413 e. The van der Waals surface area contributed by atoms with Crippen LogP contribution < -0.4 is 10.6 Å². The van der Waals surface area contributed by atoms with Gasteiger partial charge in [0.2, 0.25) is 0 Å². The quantitative estimate of drug-likeness (QED) is 0.831. The van der Waals surface area contributed by atoms with Crippen molar-refractivity contribution >= 4 is 12.0 Å². The van der Waals surface area contributed by atoms with Crippen LogP contribution in [0.2, 0.25) is 0 Å². The van der Waals surface area contributed by atoms with Crippen LogP contribution in [0.1, 0.15) is 36.6 Å². The highest BCUT2D eigenvalue weighted by Crippen LogP contribution is 2.20. The molecule has 0 saturated heterocycles. The number of alkyl carbamates (subject to hydrolysis) is 1. The molecule has 0 spiro atoms. The van der Waals surface area contributed by atoms with Crippen LogP contribution >= 0.6 is 0 Å². The summed E-state index contributed by atoms with van der Waals surface area (Å²) in [7, 11) is 1.20. The Morgan fingerprint density at radius 1 is 1.15 bits per heavy atom. The summed E-state index contributed by atoms with van der Waals surface area (Å²) < 4.78 is 18.2. The van der Waals surface area contributed by atoms with Gasteiger partial charge in [0.05, 0.1) is 7.11 Å². The summed E-state index contributed by atoms with van der Waals surface area (Å²) in [6, 6.07) is 13.5. The molecule has 2 amide bonds. The molecular weight excluding hydrogens is 335 g/mol. The van der Waals surface area contributed by atoms with E-state index in [4.69, 9.17) is 0 Å². The van der Waals surface area contributed by atoms with Gasteiger partial charge in [0.25, 0.3) is 5.91 Å².